The van der Waals surface area contributed by atoms with Crippen molar-refractivity contribution >= 4 is 21.5 Å². The van der Waals surface area contributed by atoms with Crippen LogP contribution in [0.1, 0.15) is 44.5 Å². The predicted molar refractivity (Wildman–Crippen MR) is 291 cm³/mol. The molecule has 9 aromatic carbocycles. The number of benzene rings is 9. The average molecular weight is 877 g/mol. The van der Waals surface area contributed by atoms with Crippen molar-refractivity contribution in [3.05, 3.63) is 239 Å². The number of nitrogens with zero attached hydrogens (tertiary/aromatic N) is 2. The molecular weight excluding hydrogens is 821 g/mol. The number of hydrogen-bond donors (Lipinski definition) is 0. The summed E-state index contributed by atoms with van der Waals surface area (Å²) in [6, 6.07) is 71.7. The summed E-state index contributed by atoms with van der Waals surface area (Å²) < 4.78 is 4.94. The monoisotopic (exact) mass is 876 g/mol. The van der Waals surface area contributed by atoms with Gasteiger partial charge in [-0.15, -0.1) is 0 Å². The minimum Gasteiger partial charge on any atom is -0.309 e. The van der Waals surface area contributed by atoms with Crippen LogP contribution in [0.4, 0.5) is 0 Å². The molecular formula is C66H56N2. The number of aromatic nitrogens is 2. The van der Waals surface area contributed by atoms with Gasteiger partial charge in [0.15, 0.2) is 0 Å². The van der Waals surface area contributed by atoms with E-state index in [2.05, 4.69) is 259 Å². The highest BCUT2D eigenvalue weighted by Gasteiger charge is 2.26. The van der Waals surface area contributed by atoms with E-state index in [0.717, 1.165) is 34.2 Å². The fraction of sp³-hybridized carbons (Fsp3) is 0.121. The molecule has 0 spiro atoms. The van der Waals surface area contributed by atoms with Crippen LogP contribution in [0.5, 0.6) is 0 Å². The number of hydrogen-bond acceptors (Lipinski definition) is 0. The van der Waals surface area contributed by atoms with Crippen molar-refractivity contribution in [2.45, 2.75) is 55.4 Å². The summed E-state index contributed by atoms with van der Waals surface area (Å²) in [7, 11) is 0. The quantitative estimate of drug-likeness (QED) is 0.135. The summed E-state index contributed by atoms with van der Waals surface area (Å²) in [6.07, 6.45) is 0. The highest BCUT2D eigenvalue weighted by Crippen LogP contribution is 2.50. The van der Waals surface area contributed by atoms with E-state index in [4.69, 9.17) is 0 Å². The molecule has 0 unspecified atom stereocenters. The Labute approximate surface area is 401 Å². The summed E-state index contributed by atoms with van der Waals surface area (Å²) in [5, 5.41) is 4.98. The van der Waals surface area contributed by atoms with Crippen LogP contribution in [-0.2, 0) is 0 Å². The van der Waals surface area contributed by atoms with Crippen LogP contribution in [0.3, 0.4) is 0 Å². The molecule has 0 saturated carbocycles. The lowest BCUT2D eigenvalue weighted by Gasteiger charge is -2.26. The summed E-state index contributed by atoms with van der Waals surface area (Å²) in [5.41, 5.74) is 27.3. The molecule has 0 amide bonds. The van der Waals surface area contributed by atoms with Crippen LogP contribution >= 0.6 is 0 Å². The summed E-state index contributed by atoms with van der Waals surface area (Å²) in [6.45, 7) is 18.4. The normalized spacial score (nSPS) is 11.5. The van der Waals surface area contributed by atoms with Gasteiger partial charge in [0.25, 0.3) is 0 Å². The highest BCUT2D eigenvalue weighted by molar-refractivity contribution is 6.23. The molecule has 0 aliphatic heterocycles. The fourth-order valence-electron chi connectivity index (χ4n) is 11.0. The lowest BCUT2D eigenvalue weighted by Crippen LogP contribution is -2.04. The minimum absolute atomic E-state index is 1.13. The number of rotatable bonds is 8. The largest absolute Gasteiger partial charge is 0.309 e. The Morgan fingerprint density at radius 3 is 0.765 bits per heavy atom. The van der Waals surface area contributed by atoms with Crippen molar-refractivity contribution < 1.29 is 0 Å². The SMILES string of the molecule is Cc1cc(C)c(C)c(-c2c3ccc(-n4c(-c5ccccc5)ccc4-c4ccccc4)cc3c(-c3c(C)c(C)cc(C)c3C)c3ccc(-n4c(-c5ccccc5)ccc4-c4ccccc4)cc23)c1C. The van der Waals surface area contributed by atoms with Gasteiger partial charge >= 0.3 is 0 Å². The van der Waals surface area contributed by atoms with E-state index in [-0.39, 0.29) is 0 Å². The van der Waals surface area contributed by atoms with Gasteiger partial charge in [-0.25, -0.2) is 0 Å². The van der Waals surface area contributed by atoms with E-state index >= 15 is 0 Å². The standard InChI is InChI=1S/C66H56N2/c1-41-37-42(2)46(6)63(45(41)5)65-55-31-29-54(68-61(51-25-17-11-18-26-51)35-36-62(68)52-27-19-12-20-28-52)40-58(55)66(64-47(7)43(3)38-44(4)48(64)8)56-32-30-53(39-57(56)65)67-59(49-21-13-9-14-22-49)33-34-60(67)50-23-15-10-16-24-50/h9-40H,1-8H3. The first kappa shape index (κ1) is 42.7. The molecule has 330 valence electrons. The molecule has 0 aliphatic carbocycles. The van der Waals surface area contributed by atoms with E-state index in [1.54, 1.807) is 0 Å². The van der Waals surface area contributed by atoms with Crippen molar-refractivity contribution in [3.63, 3.8) is 0 Å². The Hall–Kier alpha value is -7.94. The van der Waals surface area contributed by atoms with Gasteiger partial charge in [-0.3, -0.25) is 0 Å². The molecule has 0 bridgehead atoms. The Balaban J connectivity index is 1.32. The molecule has 11 aromatic rings. The van der Waals surface area contributed by atoms with E-state index in [0.29, 0.717) is 0 Å². The average Bonchev–Trinajstić information content (AvgIpc) is 4.03. The summed E-state index contributed by atoms with van der Waals surface area (Å²) in [5.74, 6) is 0. The molecule has 0 saturated heterocycles. The van der Waals surface area contributed by atoms with E-state index in [9.17, 15) is 0 Å². The first-order valence-electron chi connectivity index (χ1n) is 23.9. The molecule has 0 radical (unpaired) electrons. The third kappa shape index (κ3) is 7.02. The minimum atomic E-state index is 1.13. The maximum atomic E-state index is 2.50. The second-order valence-electron chi connectivity index (χ2n) is 18.8. The van der Waals surface area contributed by atoms with Gasteiger partial charge in [0.2, 0.25) is 0 Å². The van der Waals surface area contributed by atoms with Crippen molar-refractivity contribution in [1.29, 1.82) is 0 Å². The van der Waals surface area contributed by atoms with E-state index in [1.165, 1.54) is 111 Å². The molecule has 0 fully saturated rings. The van der Waals surface area contributed by atoms with Crippen LogP contribution < -0.4 is 0 Å². The van der Waals surface area contributed by atoms with Crippen molar-refractivity contribution in [3.8, 4) is 78.7 Å². The molecule has 68 heavy (non-hydrogen) atoms. The number of aryl methyl sites for hydroxylation is 4. The van der Waals surface area contributed by atoms with Gasteiger partial charge in [0.05, 0.1) is 22.8 Å². The maximum absolute atomic E-state index is 2.50. The molecule has 0 aliphatic rings. The molecule has 0 N–H and O–H groups in total. The van der Waals surface area contributed by atoms with Gasteiger partial charge in [-0.2, -0.15) is 0 Å². The van der Waals surface area contributed by atoms with Gasteiger partial charge in [-0.1, -0.05) is 146 Å². The Kier molecular flexibility index (Phi) is 10.7. The zero-order valence-corrected chi connectivity index (χ0v) is 40.4. The lowest BCUT2D eigenvalue weighted by molar-refractivity contribution is 1.10. The van der Waals surface area contributed by atoms with E-state index < -0.39 is 0 Å². The molecule has 2 nitrogen and oxygen atoms in total. The molecule has 2 heteroatoms. The Bertz CT molecular complexity index is 3300. The van der Waals surface area contributed by atoms with Crippen LogP contribution in [0.2, 0.25) is 0 Å². The number of fused-ring (bicyclic) bond motifs is 2. The van der Waals surface area contributed by atoms with Crippen LogP contribution in [0.25, 0.3) is 100 Å². The van der Waals surface area contributed by atoms with E-state index in [1.807, 2.05) is 0 Å². The molecule has 2 aromatic heterocycles. The van der Waals surface area contributed by atoms with Gasteiger partial charge in [-0.05, 0) is 214 Å². The zero-order chi connectivity index (χ0) is 46.8. The van der Waals surface area contributed by atoms with Gasteiger partial charge in [0.1, 0.15) is 0 Å². The van der Waals surface area contributed by atoms with Crippen LogP contribution in [0.15, 0.2) is 194 Å². The van der Waals surface area contributed by atoms with Crippen molar-refractivity contribution in [2.75, 3.05) is 0 Å². The first-order valence-corrected chi connectivity index (χ1v) is 23.9. The molecule has 11 rings (SSSR count). The first-order chi connectivity index (χ1) is 33.1. The summed E-state index contributed by atoms with van der Waals surface area (Å²) >= 11 is 0. The topological polar surface area (TPSA) is 9.86 Å². The Morgan fingerprint density at radius 1 is 0.235 bits per heavy atom. The Morgan fingerprint density at radius 2 is 0.500 bits per heavy atom. The predicted octanol–water partition coefficient (Wildman–Crippen LogP) is 18.0. The second kappa shape index (κ2) is 17.0. The van der Waals surface area contributed by atoms with Gasteiger partial charge in [0, 0.05) is 11.4 Å². The summed E-state index contributed by atoms with van der Waals surface area (Å²) in [4.78, 5) is 0. The third-order valence-electron chi connectivity index (χ3n) is 14.9. The third-order valence-corrected chi connectivity index (χ3v) is 14.9. The van der Waals surface area contributed by atoms with Crippen LogP contribution in [0, 0.1) is 55.4 Å². The molecule has 0 atom stereocenters. The lowest BCUT2D eigenvalue weighted by atomic mass is 9.79. The molecule has 2 heterocycles. The zero-order valence-electron chi connectivity index (χ0n) is 40.4. The second-order valence-corrected chi connectivity index (χ2v) is 18.8. The van der Waals surface area contributed by atoms with Gasteiger partial charge < -0.3 is 9.13 Å². The fourth-order valence-corrected chi connectivity index (χ4v) is 11.0. The maximum Gasteiger partial charge on any atom is 0.0535 e. The van der Waals surface area contributed by atoms with Crippen molar-refractivity contribution in [1.82, 2.24) is 9.13 Å². The highest BCUT2D eigenvalue weighted by atomic mass is 15.0. The smallest absolute Gasteiger partial charge is 0.0535 e. The van der Waals surface area contributed by atoms with Crippen molar-refractivity contribution in [2.24, 2.45) is 0 Å². The van der Waals surface area contributed by atoms with Crippen LogP contribution in [-0.4, -0.2) is 9.13 Å².